The van der Waals surface area contributed by atoms with Gasteiger partial charge in [0.05, 0.1) is 25.0 Å². The number of ether oxygens (including phenoxy) is 1. The lowest BCUT2D eigenvalue weighted by Gasteiger charge is -2.06. The first kappa shape index (κ1) is 16.3. The van der Waals surface area contributed by atoms with Crippen molar-refractivity contribution in [3.05, 3.63) is 35.3 Å². The van der Waals surface area contributed by atoms with Crippen LogP contribution in [0.25, 0.3) is 0 Å². The highest BCUT2D eigenvalue weighted by Gasteiger charge is 2.09. The number of thiazole rings is 1. The summed E-state index contributed by atoms with van der Waals surface area (Å²) in [7, 11) is 1.56. The van der Waals surface area contributed by atoms with Gasteiger partial charge in [-0.2, -0.15) is 0 Å². The Morgan fingerprint density at radius 2 is 2.27 bits per heavy atom. The lowest BCUT2D eigenvalue weighted by atomic mass is 10.3. The Kier molecular flexibility index (Phi) is 5.79. The molecule has 0 unspecified atom stereocenters. The predicted molar refractivity (Wildman–Crippen MR) is 85.8 cm³/mol. The third-order valence-electron chi connectivity index (χ3n) is 2.54. The van der Waals surface area contributed by atoms with Gasteiger partial charge in [-0.05, 0) is 12.1 Å². The van der Waals surface area contributed by atoms with Crippen LogP contribution in [0.15, 0.2) is 34.0 Å². The Morgan fingerprint density at radius 3 is 3.00 bits per heavy atom. The number of amides is 1. The van der Waals surface area contributed by atoms with Crippen molar-refractivity contribution < 1.29 is 19.4 Å². The highest BCUT2D eigenvalue weighted by molar-refractivity contribution is 8.01. The van der Waals surface area contributed by atoms with Crippen LogP contribution in [-0.4, -0.2) is 34.8 Å². The monoisotopic (exact) mass is 338 g/mol. The van der Waals surface area contributed by atoms with E-state index >= 15 is 0 Å². The smallest absolute Gasteiger partial charge is 0.309 e. The SMILES string of the molecule is COc1cccc(NC(=O)CSc2nc(CC(=O)O)cs2)c1. The first-order chi connectivity index (χ1) is 10.6. The molecule has 22 heavy (non-hydrogen) atoms. The fourth-order valence-electron chi connectivity index (χ4n) is 1.62. The van der Waals surface area contributed by atoms with E-state index in [1.807, 2.05) is 0 Å². The molecule has 2 rings (SSSR count). The van der Waals surface area contributed by atoms with Crippen LogP contribution in [0.4, 0.5) is 5.69 Å². The number of carboxylic acids is 1. The van der Waals surface area contributed by atoms with Gasteiger partial charge in [-0.1, -0.05) is 17.8 Å². The van der Waals surface area contributed by atoms with E-state index in [4.69, 9.17) is 9.84 Å². The van der Waals surface area contributed by atoms with E-state index in [2.05, 4.69) is 10.3 Å². The van der Waals surface area contributed by atoms with Gasteiger partial charge in [0.15, 0.2) is 4.34 Å². The summed E-state index contributed by atoms with van der Waals surface area (Å²) in [5.74, 6) is -0.202. The Labute approximate surface area is 135 Å². The molecule has 2 N–H and O–H groups in total. The molecule has 1 heterocycles. The summed E-state index contributed by atoms with van der Waals surface area (Å²) in [4.78, 5) is 26.6. The van der Waals surface area contributed by atoms with Crippen LogP contribution in [0.3, 0.4) is 0 Å². The summed E-state index contributed by atoms with van der Waals surface area (Å²) in [6.07, 6.45) is -0.104. The number of thioether (sulfide) groups is 1. The summed E-state index contributed by atoms with van der Waals surface area (Å²) < 4.78 is 5.77. The van der Waals surface area contributed by atoms with Crippen molar-refractivity contribution in [2.24, 2.45) is 0 Å². The molecule has 1 amide bonds. The zero-order chi connectivity index (χ0) is 15.9. The highest BCUT2D eigenvalue weighted by Crippen LogP contribution is 2.23. The molecule has 0 radical (unpaired) electrons. The number of hydrogen-bond acceptors (Lipinski definition) is 6. The highest BCUT2D eigenvalue weighted by atomic mass is 32.2. The second-order valence-electron chi connectivity index (χ2n) is 4.24. The normalized spacial score (nSPS) is 10.2. The number of methoxy groups -OCH3 is 1. The minimum absolute atomic E-state index is 0.104. The molecule has 1 aromatic heterocycles. The second-order valence-corrected chi connectivity index (χ2v) is 6.32. The maximum atomic E-state index is 11.9. The number of benzene rings is 1. The van der Waals surface area contributed by atoms with Gasteiger partial charge in [0.25, 0.3) is 0 Å². The van der Waals surface area contributed by atoms with Gasteiger partial charge in [0.2, 0.25) is 5.91 Å². The topological polar surface area (TPSA) is 88.5 Å². The van der Waals surface area contributed by atoms with Crippen molar-refractivity contribution in [3.63, 3.8) is 0 Å². The van der Waals surface area contributed by atoms with Crippen molar-refractivity contribution in [2.75, 3.05) is 18.2 Å². The zero-order valence-electron chi connectivity index (χ0n) is 11.7. The molecule has 116 valence electrons. The van der Waals surface area contributed by atoms with Crippen LogP contribution in [0.5, 0.6) is 5.75 Å². The molecule has 0 aliphatic carbocycles. The van der Waals surface area contributed by atoms with Gasteiger partial charge < -0.3 is 15.2 Å². The summed E-state index contributed by atoms with van der Waals surface area (Å²) >= 11 is 2.61. The third-order valence-corrected chi connectivity index (χ3v) is 4.61. The van der Waals surface area contributed by atoms with E-state index in [-0.39, 0.29) is 18.1 Å². The minimum Gasteiger partial charge on any atom is -0.497 e. The van der Waals surface area contributed by atoms with Gasteiger partial charge in [-0.3, -0.25) is 9.59 Å². The molecular weight excluding hydrogens is 324 g/mol. The van der Waals surface area contributed by atoms with Crippen molar-refractivity contribution in [1.82, 2.24) is 4.98 Å². The molecule has 0 bridgehead atoms. The van der Waals surface area contributed by atoms with Crippen molar-refractivity contribution in [3.8, 4) is 5.75 Å². The average Bonchev–Trinajstić information content (AvgIpc) is 2.92. The Bertz CT molecular complexity index is 672. The van der Waals surface area contributed by atoms with E-state index in [0.29, 0.717) is 21.5 Å². The molecule has 0 atom stereocenters. The van der Waals surface area contributed by atoms with Crippen LogP contribution in [0.2, 0.25) is 0 Å². The van der Waals surface area contributed by atoms with Crippen LogP contribution in [0.1, 0.15) is 5.69 Å². The molecule has 0 saturated carbocycles. The van der Waals surface area contributed by atoms with Crippen molar-refractivity contribution >= 4 is 40.7 Å². The van der Waals surface area contributed by atoms with Gasteiger partial charge in [-0.25, -0.2) is 4.98 Å². The molecule has 6 nitrogen and oxygen atoms in total. The summed E-state index contributed by atoms with van der Waals surface area (Å²) in [6, 6.07) is 7.10. The predicted octanol–water partition coefficient (Wildman–Crippen LogP) is 2.51. The maximum absolute atomic E-state index is 11.9. The fraction of sp³-hybridized carbons (Fsp3) is 0.214. The van der Waals surface area contributed by atoms with Gasteiger partial charge >= 0.3 is 5.97 Å². The number of anilines is 1. The number of carbonyl (C=O) groups excluding carboxylic acids is 1. The molecule has 0 aliphatic heterocycles. The standard InChI is InChI=1S/C14H14N2O4S2/c1-20-11-4-2-3-9(5-11)15-12(17)8-22-14-16-10(7-21-14)6-13(18)19/h2-5,7H,6,8H2,1H3,(H,15,17)(H,18,19). The third kappa shape index (κ3) is 5.05. The van der Waals surface area contributed by atoms with Gasteiger partial charge in [0.1, 0.15) is 5.75 Å². The number of hydrogen-bond donors (Lipinski definition) is 2. The maximum Gasteiger partial charge on any atom is 0.309 e. The number of aliphatic carboxylic acids is 1. The largest absolute Gasteiger partial charge is 0.497 e. The second kappa shape index (κ2) is 7.81. The van der Waals surface area contributed by atoms with E-state index in [9.17, 15) is 9.59 Å². The van der Waals surface area contributed by atoms with Crippen LogP contribution in [-0.2, 0) is 16.0 Å². The average molecular weight is 338 g/mol. The quantitative estimate of drug-likeness (QED) is 0.754. The van der Waals surface area contributed by atoms with Crippen LogP contribution < -0.4 is 10.1 Å². The number of carbonyl (C=O) groups is 2. The number of carboxylic acid groups (broad SMARTS) is 1. The zero-order valence-corrected chi connectivity index (χ0v) is 13.4. The number of nitrogens with zero attached hydrogens (tertiary/aromatic N) is 1. The first-order valence-electron chi connectivity index (χ1n) is 6.29. The van der Waals surface area contributed by atoms with E-state index in [1.165, 1.54) is 23.1 Å². The van der Waals surface area contributed by atoms with E-state index in [0.717, 1.165) is 0 Å². The van der Waals surface area contributed by atoms with Crippen LogP contribution >= 0.6 is 23.1 Å². The number of nitrogens with one attached hydrogen (secondary N) is 1. The molecule has 0 saturated heterocycles. The Morgan fingerprint density at radius 1 is 1.45 bits per heavy atom. The number of aromatic nitrogens is 1. The van der Waals surface area contributed by atoms with Crippen LogP contribution in [0, 0.1) is 0 Å². The molecule has 2 aromatic rings. The number of rotatable bonds is 7. The first-order valence-corrected chi connectivity index (χ1v) is 8.16. The van der Waals surface area contributed by atoms with Crippen molar-refractivity contribution in [1.29, 1.82) is 0 Å². The molecule has 0 fully saturated rings. The molecule has 1 aromatic carbocycles. The fourth-order valence-corrected chi connectivity index (χ4v) is 3.26. The van der Waals surface area contributed by atoms with E-state index < -0.39 is 5.97 Å². The lowest BCUT2D eigenvalue weighted by Crippen LogP contribution is -2.13. The Hall–Kier alpha value is -2.06. The molecule has 0 aliphatic rings. The summed E-state index contributed by atoms with van der Waals surface area (Å²) in [5, 5.41) is 13.1. The van der Waals surface area contributed by atoms with E-state index in [1.54, 1.807) is 36.8 Å². The molecule has 8 heteroatoms. The van der Waals surface area contributed by atoms with Crippen molar-refractivity contribution in [2.45, 2.75) is 10.8 Å². The lowest BCUT2D eigenvalue weighted by molar-refractivity contribution is -0.136. The molecular formula is C14H14N2O4S2. The summed E-state index contributed by atoms with van der Waals surface area (Å²) in [5.41, 5.74) is 1.17. The summed E-state index contributed by atoms with van der Waals surface area (Å²) in [6.45, 7) is 0. The van der Waals surface area contributed by atoms with Gasteiger partial charge in [-0.15, -0.1) is 11.3 Å². The molecule has 0 spiro atoms. The minimum atomic E-state index is -0.919. The van der Waals surface area contributed by atoms with Gasteiger partial charge in [0, 0.05) is 17.1 Å². The Balaban J connectivity index is 1.84.